The molecule has 0 heterocycles. The summed E-state index contributed by atoms with van der Waals surface area (Å²) in [6, 6.07) is 0. The third-order valence-electron chi connectivity index (χ3n) is 9.91. The van der Waals surface area contributed by atoms with Crippen molar-refractivity contribution in [3.63, 3.8) is 0 Å². The Bertz CT molecular complexity index is 805. The molecule has 0 amide bonds. The number of fused-ring (bicyclic) bond motifs is 3. The summed E-state index contributed by atoms with van der Waals surface area (Å²) in [6.45, 7) is 12.2. The second-order valence-corrected chi connectivity index (χ2v) is 11.7. The highest BCUT2D eigenvalue weighted by atomic mass is 16.7. The Labute approximate surface area is 204 Å². The molecule has 192 valence electrons. The van der Waals surface area contributed by atoms with Gasteiger partial charge in [-0.15, -0.1) is 0 Å². The fourth-order valence-electron chi connectivity index (χ4n) is 8.19. The fourth-order valence-corrected chi connectivity index (χ4v) is 8.19. The largest absolute Gasteiger partial charge is 0.516 e. The number of esters is 1. The third kappa shape index (κ3) is 4.83. The topological polar surface area (TPSA) is 86.7 Å². The molecule has 34 heavy (non-hydrogen) atoms. The highest BCUT2D eigenvalue weighted by Crippen LogP contribution is 2.65. The van der Waals surface area contributed by atoms with Gasteiger partial charge in [0, 0.05) is 23.7 Å². The van der Waals surface area contributed by atoms with Crippen molar-refractivity contribution in [3.8, 4) is 0 Å². The van der Waals surface area contributed by atoms with Crippen LogP contribution in [0.15, 0.2) is 0 Å². The Balaban J connectivity index is 1.87. The molecule has 8 unspecified atom stereocenters. The van der Waals surface area contributed by atoms with Crippen LogP contribution in [0.1, 0.15) is 99.3 Å². The normalized spacial score (nSPS) is 37.9. The summed E-state index contributed by atoms with van der Waals surface area (Å²) in [7, 11) is 0. The summed E-state index contributed by atoms with van der Waals surface area (Å²) in [5.41, 5.74) is -0.616. The smallest absolute Gasteiger partial charge is 0.434 e. The van der Waals surface area contributed by atoms with Gasteiger partial charge in [-0.3, -0.25) is 14.4 Å². The molecule has 0 aromatic rings. The van der Waals surface area contributed by atoms with Gasteiger partial charge in [0.2, 0.25) is 0 Å². The van der Waals surface area contributed by atoms with Crippen LogP contribution in [0, 0.1) is 46.3 Å². The second kappa shape index (κ2) is 10.5. The van der Waals surface area contributed by atoms with Crippen molar-refractivity contribution in [1.29, 1.82) is 0 Å². The van der Waals surface area contributed by atoms with Crippen LogP contribution in [-0.2, 0) is 23.9 Å². The molecule has 3 fully saturated rings. The van der Waals surface area contributed by atoms with Crippen LogP contribution in [0.3, 0.4) is 0 Å². The van der Waals surface area contributed by atoms with Gasteiger partial charge >= 0.3 is 12.1 Å². The summed E-state index contributed by atoms with van der Waals surface area (Å²) in [6.07, 6.45) is 6.24. The van der Waals surface area contributed by atoms with Crippen LogP contribution >= 0.6 is 0 Å². The van der Waals surface area contributed by atoms with E-state index in [-0.39, 0.29) is 42.0 Å². The van der Waals surface area contributed by atoms with Crippen molar-refractivity contribution in [2.24, 2.45) is 46.3 Å². The predicted molar refractivity (Wildman–Crippen MR) is 129 cm³/mol. The van der Waals surface area contributed by atoms with Crippen LogP contribution in [0.25, 0.3) is 0 Å². The highest BCUT2D eigenvalue weighted by molar-refractivity contribution is 5.89. The quantitative estimate of drug-likeness (QED) is 0.309. The lowest BCUT2D eigenvalue weighted by molar-refractivity contribution is -0.158. The summed E-state index contributed by atoms with van der Waals surface area (Å²) >= 11 is 0. The first kappa shape index (κ1) is 26.9. The zero-order valence-electron chi connectivity index (χ0n) is 22.0. The summed E-state index contributed by atoms with van der Waals surface area (Å²) in [5.74, 6) is 1.36. The van der Waals surface area contributed by atoms with E-state index in [0.717, 1.165) is 44.9 Å². The molecule has 0 radical (unpaired) electrons. The minimum Gasteiger partial charge on any atom is -0.434 e. The molecule has 6 nitrogen and oxygen atoms in total. The minimum absolute atomic E-state index is 0.00961. The van der Waals surface area contributed by atoms with Crippen molar-refractivity contribution in [2.45, 2.75) is 99.3 Å². The highest BCUT2D eigenvalue weighted by Gasteiger charge is 2.62. The molecular formula is C28H44O6. The van der Waals surface area contributed by atoms with Crippen LogP contribution in [-0.4, -0.2) is 30.3 Å². The average Bonchev–Trinajstić information content (AvgIpc) is 3.12. The van der Waals surface area contributed by atoms with E-state index in [1.54, 1.807) is 13.8 Å². The first-order chi connectivity index (χ1) is 16.0. The zero-order valence-corrected chi connectivity index (χ0v) is 22.0. The van der Waals surface area contributed by atoms with Crippen molar-refractivity contribution < 1.29 is 28.7 Å². The molecule has 6 heteroatoms. The standard InChI is InChI=1S/C28H44O6/c1-7-9-17(3)19-16-20-22-11-10-21(18(4)29)27(22,5)14-12-23(20)28(6,25(19)31)15-13-24(30)34-26(32)33-8-2/h17,19-23H,7-16H2,1-6H3. The van der Waals surface area contributed by atoms with E-state index in [1.165, 1.54) is 0 Å². The predicted octanol–water partition coefficient (Wildman–Crippen LogP) is 6.15. The van der Waals surface area contributed by atoms with Crippen molar-refractivity contribution in [2.75, 3.05) is 6.61 Å². The first-order valence-corrected chi connectivity index (χ1v) is 13.4. The second-order valence-electron chi connectivity index (χ2n) is 11.7. The number of ether oxygens (including phenoxy) is 2. The lowest BCUT2D eigenvalue weighted by Gasteiger charge is -2.57. The van der Waals surface area contributed by atoms with Gasteiger partial charge in [0.25, 0.3) is 0 Å². The van der Waals surface area contributed by atoms with E-state index in [9.17, 15) is 19.2 Å². The van der Waals surface area contributed by atoms with Crippen molar-refractivity contribution >= 4 is 23.7 Å². The number of carbonyl (C=O) groups is 4. The molecule has 0 aromatic carbocycles. The molecule has 0 aliphatic heterocycles. The lowest BCUT2D eigenvalue weighted by Crippen LogP contribution is -2.56. The maximum Gasteiger partial charge on any atom is 0.516 e. The Hall–Kier alpha value is -1.72. The molecule has 0 aromatic heterocycles. The van der Waals surface area contributed by atoms with Gasteiger partial charge in [0.1, 0.15) is 11.6 Å². The molecular weight excluding hydrogens is 432 g/mol. The first-order valence-electron chi connectivity index (χ1n) is 13.4. The fraction of sp³-hybridized carbons (Fsp3) is 0.857. The van der Waals surface area contributed by atoms with E-state index in [1.807, 2.05) is 0 Å². The maximum absolute atomic E-state index is 14.0. The van der Waals surface area contributed by atoms with E-state index < -0.39 is 17.5 Å². The number of carbonyl (C=O) groups excluding carboxylic acids is 4. The SMILES string of the molecule is CCCC(C)C1CC2C(CCC3(C)C(C(C)=O)CCC23)C(C)(CCC(=O)OC(=O)OCC)C1=O. The molecule has 0 spiro atoms. The number of rotatable bonds is 8. The third-order valence-corrected chi connectivity index (χ3v) is 9.91. The monoisotopic (exact) mass is 476 g/mol. The van der Waals surface area contributed by atoms with Crippen LogP contribution in [0.5, 0.6) is 0 Å². The van der Waals surface area contributed by atoms with Crippen LogP contribution in [0.2, 0.25) is 0 Å². The molecule has 3 aliphatic carbocycles. The molecule has 8 atom stereocenters. The number of hydrogen-bond acceptors (Lipinski definition) is 6. The van der Waals surface area contributed by atoms with E-state index in [0.29, 0.717) is 30.0 Å². The van der Waals surface area contributed by atoms with Crippen LogP contribution in [0.4, 0.5) is 4.79 Å². The summed E-state index contributed by atoms with van der Waals surface area (Å²) in [5, 5.41) is 0. The van der Waals surface area contributed by atoms with Gasteiger partial charge in [-0.25, -0.2) is 4.79 Å². The van der Waals surface area contributed by atoms with Gasteiger partial charge < -0.3 is 9.47 Å². The average molecular weight is 477 g/mol. The summed E-state index contributed by atoms with van der Waals surface area (Å²) < 4.78 is 9.51. The molecule has 0 N–H and O–H groups in total. The van der Waals surface area contributed by atoms with E-state index in [4.69, 9.17) is 9.47 Å². The zero-order chi connectivity index (χ0) is 25.3. The van der Waals surface area contributed by atoms with Gasteiger partial charge in [-0.05, 0) is 81.5 Å². The van der Waals surface area contributed by atoms with Gasteiger partial charge in [-0.1, -0.05) is 40.5 Å². The van der Waals surface area contributed by atoms with E-state index >= 15 is 0 Å². The molecule has 3 aliphatic rings. The minimum atomic E-state index is -0.977. The van der Waals surface area contributed by atoms with Gasteiger partial charge in [0.05, 0.1) is 6.61 Å². The van der Waals surface area contributed by atoms with Gasteiger partial charge in [-0.2, -0.15) is 0 Å². The van der Waals surface area contributed by atoms with Crippen LogP contribution < -0.4 is 0 Å². The molecule has 3 saturated carbocycles. The Morgan fingerprint density at radius 2 is 1.79 bits per heavy atom. The van der Waals surface area contributed by atoms with Crippen molar-refractivity contribution in [1.82, 2.24) is 0 Å². The summed E-state index contributed by atoms with van der Waals surface area (Å²) in [4.78, 5) is 50.4. The number of hydrogen-bond donors (Lipinski definition) is 0. The molecule has 3 rings (SSSR count). The Morgan fingerprint density at radius 1 is 1.09 bits per heavy atom. The Morgan fingerprint density at radius 3 is 2.41 bits per heavy atom. The Kier molecular flexibility index (Phi) is 8.29. The maximum atomic E-state index is 14.0. The number of Topliss-reactive ketones (excluding diaryl/α,β-unsaturated/α-hetero) is 2. The van der Waals surface area contributed by atoms with E-state index in [2.05, 4.69) is 27.7 Å². The van der Waals surface area contributed by atoms with Crippen molar-refractivity contribution in [3.05, 3.63) is 0 Å². The van der Waals surface area contributed by atoms with Gasteiger partial charge in [0.15, 0.2) is 0 Å². The number of ketones is 2. The molecule has 0 saturated heterocycles. The lowest BCUT2D eigenvalue weighted by atomic mass is 9.46. The molecule has 0 bridgehead atoms.